The van der Waals surface area contributed by atoms with E-state index < -0.39 is 8.80 Å². The predicted molar refractivity (Wildman–Crippen MR) is 94.2 cm³/mol. The topological polar surface area (TPSA) is 20.2 Å². The number of aliphatic hydroxyl groups excluding tert-OH is 1. The van der Waals surface area contributed by atoms with Gasteiger partial charge < -0.3 is 5.11 Å². The van der Waals surface area contributed by atoms with E-state index in [2.05, 4.69) is 81.4 Å². The van der Waals surface area contributed by atoms with E-state index in [1.54, 1.807) is 0 Å². The lowest BCUT2D eigenvalue weighted by Crippen LogP contribution is -2.52. The number of hydrogen-bond donors (Lipinski definition) is 1. The van der Waals surface area contributed by atoms with Gasteiger partial charge in [-0.3, -0.25) is 0 Å². The molecular weight excluding hydrogens is 272 g/mol. The van der Waals surface area contributed by atoms with E-state index in [1.165, 1.54) is 10.4 Å². The van der Waals surface area contributed by atoms with Gasteiger partial charge in [0.2, 0.25) is 0 Å². The Morgan fingerprint density at radius 3 is 1.48 bits per heavy atom. The highest BCUT2D eigenvalue weighted by Gasteiger charge is 2.38. The fourth-order valence-electron chi connectivity index (χ4n) is 3.43. The molecule has 2 aromatic carbocycles. The smallest absolute Gasteiger partial charge is 0.109 e. The van der Waals surface area contributed by atoms with Crippen LogP contribution in [0.15, 0.2) is 60.7 Å². The van der Waals surface area contributed by atoms with Gasteiger partial charge in [-0.25, -0.2) is 0 Å². The van der Waals surface area contributed by atoms with Crippen LogP contribution in [0, 0.1) is 5.41 Å². The molecule has 1 N–H and O–H groups in total. The van der Waals surface area contributed by atoms with Crippen molar-refractivity contribution in [3.63, 3.8) is 0 Å². The molecule has 0 aliphatic carbocycles. The molecule has 0 saturated carbocycles. The van der Waals surface area contributed by atoms with E-state index in [9.17, 15) is 5.11 Å². The molecule has 0 heterocycles. The van der Waals surface area contributed by atoms with Crippen LogP contribution in [0.1, 0.15) is 27.7 Å². The summed E-state index contributed by atoms with van der Waals surface area (Å²) >= 11 is 0. The SMILES string of the molecule is CC(O)C([SiH](c1ccccc1)c1ccccc1)C(C)(C)C. The molecule has 2 atom stereocenters. The molecule has 1 nitrogen and oxygen atoms in total. The number of aliphatic hydroxyl groups is 1. The Morgan fingerprint density at radius 1 is 0.810 bits per heavy atom. The van der Waals surface area contributed by atoms with Crippen molar-refractivity contribution >= 4 is 19.2 Å². The van der Waals surface area contributed by atoms with Crippen LogP contribution in [0.3, 0.4) is 0 Å². The minimum absolute atomic E-state index is 0.0801. The molecule has 0 saturated heterocycles. The molecule has 2 rings (SSSR count). The Labute approximate surface area is 130 Å². The van der Waals surface area contributed by atoms with Gasteiger partial charge >= 0.3 is 0 Å². The van der Waals surface area contributed by atoms with E-state index in [-0.39, 0.29) is 11.5 Å². The van der Waals surface area contributed by atoms with Gasteiger partial charge in [0.15, 0.2) is 0 Å². The van der Waals surface area contributed by atoms with Crippen molar-refractivity contribution in [2.45, 2.75) is 39.3 Å². The molecule has 2 unspecified atom stereocenters. The Bertz CT molecular complexity index is 503. The highest BCUT2D eigenvalue weighted by Crippen LogP contribution is 2.36. The van der Waals surface area contributed by atoms with Gasteiger partial charge in [0.05, 0.1) is 6.10 Å². The summed E-state index contributed by atoms with van der Waals surface area (Å²) in [5, 5.41) is 13.3. The van der Waals surface area contributed by atoms with E-state index in [0.717, 1.165) is 0 Å². The molecule has 0 radical (unpaired) electrons. The average Bonchev–Trinajstić information content (AvgIpc) is 2.44. The Morgan fingerprint density at radius 2 is 1.19 bits per heavy atom. The molecule has 0 bridgehead atoms. The molecule has 0 amide bonds. The second-order valence-corrected chi connectivity index (χ2v) is 9.94. The minimum Gasteiger partial charge on any atom is -0.393 e. The highest BCUT2D eigenvalue weighted by molar-refractivity contribution is 6.86. The lowest BCUT2D eigenvalue weighted by atomic mass is 9.89. The third-order valence-electron chi connectivity index (χ3n) is 4.20. The maximum absolute atomic E-state index is 10.5. The third-order valence-corrected chi connectivity index (χ3v) is 8.68. The fourth-order valence-corrected chi connectivity index (χ4v) is 7.48. The van der Waals surface area contributed by atoms with Crippen LogP contribution in [-0.4, -0.2) is 20.0 Å². The van der Waals surface area contributed by atoms with Crippen LogP contribution >= 0.6 is 0 Å². The first-order valence-electron chi connectivity index (χ1n) is 7.69. The molecule has 21 heavy (non-hydrogen) atoms. The molecule has 2 aromatic rings. The zero-order valence-electron chi connectivity index (χ0n) is 13.5. The summed E-state index contributed by atoms with van der Waals surface area (Å²) in [4.78, 5) is 0. The molecule has 112 valence electrons. The van der Waals surface area contributed by atoms with Crippen molar-refractivity contribution in [3.05, 3.63) is 60.7 Å². The van der Waals surface area contributed by atoms with Crippen molar-refractivity contribution in [1.82, 2.24) is 0 Å². The molecular formula is C19H26OSi. The van der Waals surface area contributed by atoms with Gasteiger partial charge in [-0.15, -0.1) is 0 Å². The van der Waals surface area contributed by atoms with Gasteiger partial charge in [-0.1, -0.05) is 91.8 Å². The van der Waals surface area contributed by atoms with Crippen LogP contribution in [0.2, 0.25) is 5.54 Å². The average molecular weight is 299 g/mol. The lowest BCUT2D eigenvalue weighted by molar-refractivity contribution is 0.137. The van der Waals surface area contributed by atoms with Crippen molar-refractivity contribution in [2.75, 3.05) is 0 Å². The van der Waals surface area contributed by atoms with E-state index in [0.29, 0.717) is 5.54 Å². The maximum atomic E-state index is 10.5. The largest absolute Gasteiger partial charge is 0.393 e. The van der Waals surface area contributed by atoms with Crippen LogP contribution in [0.25, 0.3) is 0 Å². The zero-order valence-corrected chi connectivity index (χ0v) is 14.6. The van der Waals surface area contributed by atoms with Gasteiger partial charge in [0.25, 0.3) is 0 Å². The summed E-state index contributed by atoms with van der Waals surface area (Å²) in [7, 11) is -1.50. The van der Waals surface area contributed by atoms with Crippen molar-refractivity contribution in [2.24, 2.45) is 5.41 Å². The summed E-state index contributed by atoms with van der Waals surface area (Å²) in [5.74, 6) is 0. The zero-order chi connectivity index (χ0) is 15.5. The first-order valence-corrected chi connectivity index (χ1v) is 9.51. The number of benzene rings is 2. The van der Waals surface area contributed by atoms with Crippen LogP contribution < -0.4 is 10.4 Å². The summed E-state index contributed by atoms with van der Waals surface area (Å²) in [6.45, 7) is 8.69. The Kier molecular flexibility index (Phi) is 5.02. The lowest BCUT2D eigenvalue weighted by Gasteiger charge is -2.39. The van der Waals surface area contributed by atoms with Gasteiger partial charge in [-0.05, 0) is 17.9 Å². The molecule has 0 aromatic heterocycles. The number of hydrogen-bond acceptors (Lipinski definition) is 1. The monoisotopic (exact) mass is 298 g/mol. The first kappa shape index (κ1) is 16.0. The molecule has 0 fully saturated rings. The van der Waals surface area contributed by atoms with Crippen molar-refractivity contribution in [3.8, 4) is 0 Å². The number of rotatable bonds is 4. The standard InChI is InChI=1S/C19H26OSi/c1-15(20)18(19(2,3)4)21(16-11-7-5-8-12-16)17-13-9-6-10-14-17/h5-15,18,20-21H,1-4H3. The van der Waals surface area contributed by atoms with Crippen LogP contribution in [0.5, 0.6) is 0 Å². The van der Waals surface area contributed by atoms with Crippen LogP contribution in [-0.2, 0) is 0 Å². The minimum atomic E-state index is -1.50. The normalized spacial score (nSPS) is 15.0. The van der Waals surface area contributed by atoms with Crippen LogP contribution in [0.4, 0.5) is 0 Å². The van der Waals surface area contributed by atoms with Gasteiger partial charge in [0.1, 0.15) is 8.80 Å². The van der Waals surface area contributed by atoms with E-state index >= 15 is 0 Å². The second-order valence-electron chi connectivity index (χ2n) is 6.93. The quantitative estimate of drug-likeness (QED) is 0.861. The summed E-state index contributed by atoms with van der Waals surface area (Å²) in [6, 6.07) is 21.5. The highest BCUT2D eigenvalue weighted by atomic mass is 28.3. The van der Waals surface area contributed by atoms with Crippen molar-refractivity contribution in [1.29, 1.82) is 0 Å². The predicted octanol–water partition coefficient (Wildman–Crippen LogP) is 2.83. The Balaban J connectivity index is 2.55. The molecule has 0 spiro atoms. The molecule has 0 aliphatic rings. The first-order chi connectivity index (χ1) is 9.91. The summed E-state index contributed by atoms with van der Waals surface area (Å²) < 4.78 is 0. The fraction of sp³-hybridized carbons (Fsp3) is 0.368. The molecule has 2 heteroatoms. The van der Waals surface area contributed by atoms with Crippen molar-refractivity contribution < 1.29 is 5.11 Å². The summed E-state index contributed by atoms with van der Waals surface area (Å²) in [6.07, 6.45) is -0.304. The third kappa shape index (κ3) is 3.83. The van der Waals surface area contributed by atoms with Gasteiger partial charge in [0, 0.05) is 0 Å². The molecule has 0 aliphatic heterocycles. The Hall–Kier alpha value is -1.38. The summed E-state index contributed by atoms with van der Waals surface area (Å²) in [5.41, 5.74) is 0.374. The van der Waals surface area contributed by atoms with E-state index in [4.69, 9.17) is 0 Å². The van der Waals surface area contributed by atoms with E-state index in [1.807, 2.05) is 6.92 Å². The second kappa shape index (κ2) is 6.59. The maximum Gasteiger partial charge on any atom is 0.109 e. The van der Waals surface area contributed by atoms with Gasteiger partial charge in [-0.2, -0.15) is 0 Å².